The Labute approximate surface area is 155 Å². The van der Waals surface area contributed by atoms with E-state index in [1.54, 1.807) is 0 Å². The average Bonchev–Trinajstić information content (AvgIpc) is 3.12. The largest absolute Gasteiger partial charge is 0.486 e. The zero-order valence-corrected chi connectivity index (χ0v) is 14.8. The Kier molecular flexibility index (Phi) is 4.94. The summed E-state index contributed by atoms with van der Waals surface area (Å²) in [4.78, 5) is 13.5. The summed E-state index contributed by atoms with van der Waals surface area (Å²) in [6.07, 6.45) is 2.00. The number of fused-ring (bicyclic) bond motifs is 1. The van der Waals surface area contributed by atoms with Gasteiger partial charge in [0, 0.05) is 30.2 Å². The Morgan fingerprint density at radius 3 is 2.70 bits per heavy atom. The zero-order chi connectivity index (χ0) is 18.8. The molecule has 1 amide bonds. The molecule has 4 rings (SSSR count). The molecule has 142 valence electrons. The van der Waals surface area contributed by atoms with Crippen LogP contribution < -0.4 is 19.7 Å². The van der Waals surface area contributed by atoms with Crippen LogP contribution in [0.3, 0.4) is 0 Å². The molecule has 0 bridgehead atoms. The van der Waals surface area contributed by atoms with Crippen LogP contribution in [0.1, 0.15) is 24.4 Å². The van der Waals surface area contributed by atoms with Crippen LogP contribution in [-0.2, 0) is 4.79 Å². The molecule has 2 heterocycles. The zero-order valence-electron chi connectivity index (χ0n) is 14.8. The molecule has 2 aliphatic heterocycles. The van der Waals surface area contributed by atoms with Gasteiger partial charge in [0.15, 0.2) is 29.7 Å². The van der Waals surface area contributed by atoms with Crippen molar-refractivity contribution in [3.8, 4) is 11.5 Å². The topological polar surface area (TPSA) is 52.0 Å². The first-order valence-electron chi connectivity index (χ1n) is 9.09. The van der Waals surface area contributed by atoms with Gasteiger partial charge in [-0.05, 0) is 30.3 Å². The minimum Gasteiger partial charge on any atom is -0.486 e. The minimum atomic E-state index is -0.976. The number of halogens is 2. The fourth-order valence-electron chi connectivity index (χ4n) is 3.79. The molecule has 0 saturated carbocycles. The number of nitrogens with one attached hydrogen (secondary N) is 2. The summed E-state index contributed by atoms with van der Waals surface area (Å²) in [5.74, 6) is -0.635. The number of hydrogen-bond acceptors (Lipinski definition) is 3. The highest BCUT2D eigenvalue weighted by Crippen LogP contribution is 2.33. The molecule has 7 heteroatoms. The Hall–Kier alpha value is -2.67. The van der Waals surface area contributed by atoms with E-state index in [4.69, 9.17) is 9.47 Å². The molecule has 2 aromatic rings. The van der Waals surface area contributed by atoms with Crippen molar-refractivity contribution in [2.45, 2.75) is 18.9 Å². The van der Waals surface area contributed by atoms with Crippen molar-refractivity contribution in [2.24, 2.45) is 0 Å². The van der Waals surface area contributed by atoms with E-state index in [-0.39, 0.29) is 24.2 Å². The van der Waals surface area contributed by atoms with E-state index in [0.717, 1.165) is 53.5 Å². The maximum atomic E-state index is 13.3. The van der Waals surface area contributed by atoms with Gasteiger partial charge in [-0.1, -0.05) is 0 Å². The molecule has 0 aromatic heterocycles. The standard InChI is InChI=1S/C20H20F2N2O3/c21-15-5-4-14(11-16(15)22)23-20(25)12-24-7-1-2-17(24)13-3-6-18-19(10-13)27-9-8-26-18/h3-6,10-11,17H,1-2,7-9,12H2,(H,23,25)/p+1/t17-/m0/s1. The number of anilines is 1. The third-order valence-corrected chi connectivity index (χ3v) is 5.04. The number of amides is 1. The van der Waals surface area contributed by atoms with Crippen molar-refractivity contribution in [1.29, 1.82) is 0 Å². The minimum absolute atomic E-state index is 0.191. The van der Waals surface area contributed by atoms with Crippen LogP contribution in [0.5, 0.6) is 11.5 Å². The summed E-state index contributed by atoms with van der Waals surface area (Å²) >= 11 is 0. The molecule has 1 unspecified atom stereocenters. The van der Waals surface area contributed by atoms with Crippen LogP contribution in [-0.4, -0.2) is 32.2 Å². The van der Waals surface area contributed by atoms with Crippen LogP contribution >= 0.6 is 0 Å². The van der Waals surface area contributed by atoms with Gasteiger partial charge in [-0.3, -0.25) is 4.79 Å². The Balaban J connectivity index is 1.43. The van der Waals surface area contributed by atoms with Crippen molar-refractivity contribution in [2.75, 3.05) is 31.6 Å². The second-order valence-corrected chi connectivity index (χ2v) is 6.86. The van der Waals surface area contributed by atoms with Crippen LogP contribution in [0.25, 0.3) is 0 Å². The number of quaternary nitrogens is 1. The van der Waals surface area contributed by atoms with Crippen molar-refractivity contribution in [1.82, 2.24) is 0 Å². The summed E-state index contributed by atoms with van der Waals surface area (Å²) in [7, 11) is 0. The first-order chi connectivity index (χ1) is 13.1. The van der Waals surface area contributed by atoms with Gasteiger partial charge in [0.25, 0.3) is 5.91 Å². The van der Waals surface area contributed by atoms with Gasteiger partial charge in [0.2, 0.25) is 0 Å². The molecule has 1 saturated heterocycles. The normalized spacial score (nSPS) is 21.1. The van der Waals surface area contributed by atoms with E-state index in [1.165, 1.54) is 6.07 Å². The van der Waals surface area contributed by atoms with E-state index in [0.29, 0.717) is 13.2 Å². The molecular formula is C20H21F2N2O3+. The number of rotatable bonds is 4. The number of carbonyl (C=O) groups excluding carboxylic acids is 1. The lowest BCUT2D eigenvalue weighted by Gasteiger charge is -2.24. The van der Waals surface area contributed by atoms with Crippen molar-refractivity contribution >= 4 is 11.6 Å². The molecule has 2 atom stereocenters. The van der Waals surface area contributed by atoms with Gasteiger partial charge in [-0.25, -0.2) is 8.78 Å². The molecular weight excluding hydrogens is 354 g/mol. The SMILES string of the molecule is O=C(C[NH+]1CCC[C@H]1c1ccc2c(c1)OCCO2)Nc1ccc(F)c(F)c1. The number of likely N-dealkylation sites (tertiary alicyclic amines) is 1. The summed E-state index contributed by atoms with van der Waals surface area (Å²) in [5, 5.41) is 2.65. The maximum absolute atomic E-state index is 13.3. The van der Waals surface area contributed by atoms with Crippen molar-refractivity contribution < 1.29 is 27.9 Å². The van der Waals surface area contributed by atoms with Crippen molar-refractivity contribution in [3.05, 3.63) is 53.6 Å². The van der Waals surface area contributed by atoms with Gasteiger partial charge in [0.1, 0.15) is 19.3 Å². The molecule has 0 aliphatic carbocycles. The quantitative estimate of drug-likeness (QED) is 0.861. The monoisotopic (exact) mass is 375 g/mol. The number of benzene rings is 2. The van der Waals surface area contributed by atoms with E-state index in [2.05, 4.69) is 5.32 Å². The molecule has 2 aliphatic rings. The lowest BCUT2D eigenvalue weighted by Crippen LogP contribution is -3.11. The molecule has 2 aromatic carbocycles. The Bertz CT molecular complexity index is 859. The number of hydrogen-bond donors (Lipinski definition) is 2. The molecule has 1 fully saturated rings. The molecule has 27 heavy (non-hydrogen) atoms. The predicted molar refractivity (Wildman–Crippen MR) is 95.1 cm³/mol. The maximum Gasteiger partial charge on any atom is 0.279 e. The van der Waals surface area contributed by atoms with Gasteiger partial charge in [-0.15, -0.1) is 0 Å². The highest BCUT2D eigenvalue weighted by molar-refractivity contribution is 5.91. The highest BCUT2D eigenvalue weighted by Gasteiger charge is 2.32. The molecule has 5 nitrogen and oxygen atoms in total. The van der Waals surface area contributed by atoms with E-state index in [1.807, 2.05) is 18.2 Å². The number of carbonyl (C=O) groups is 1. The van der Waals surface area contributed by atoms with Crippen LogP contribution in [0, 0.1) is 11.6 Å². The fraction of sp³-hybridized carbons (Fsp3) is 0.350. The second kappa shape index (κ2) is 7.52. The van der Waals surface area contributed by atoms with Crippen LogP contribution in [0.4, 0.5) is 14.5 Å². The van der Waals surface area contributed by atoms with Gasteiger partial charge in [-0.2, -0.15) is 0 Å². The van der Waals surface area contributed by atoms with Gasteiger partial charge >= 0.3 is 0 Å². The Morgan fingerprint density at radius 1 is 1.07 bits per heavy atom. The molecule has 0 spiro atoms. The highest BCUT2D eigenvalue weighted by atomic mass is 19.2. The Morgan fingerprint density at radius 2 is 1.89 bits per heavy atom. The van der Waals surface area contributed by atoms with Crippen molar-refractivity contribution in [3.63, 3.8) is 0 Å². The van der Waals surface area contributed by atoms with E-state index < -0.39 is 11.6 Å². The third kappa shape index (κ3) is 3.88. The summed E-state index contributed by atoms with van der Waals surface area (Å²) in [5.41, 5.74) is 1.38. The summed E-state index contributed by atoms with van der Waals surface area (Å²) in [6.45, 7) is 2.23. The lowest BCUT2D eigenvalue weighted by molar-refractivity contribution is -0.910. The smallest absolute Gasteiger partial charge is 0.279 e. The first-order valence-corrected chi connectivity index (χ1v) is 9.09. The fourth-order valence-corrected chi connectivity index (χ4v) is 3.79. The summed E-state index contributed by atoms with van der Waals surface area (Å²) < 4.78 is 37.5. The van der Waals surface area contributed by atoms with E-state index >= 15 is 0 Å². The van der Waals surface area contributed by atoms with E-state index in [9.17, 15) is 13.6 Å². The average molecular weight is 375 g/mol. The second-order valence-electron chi connectivity index (χ2n) is 6.86. The van der Waals surface area contributed by atoms with Gasteiger partial charge in [0.05, 0.1) is 6.54 Å². The molecule has 2 N–H and O–H groups in total. The van der Waals surface area contributed by atoms with Crippen LogP contribution in [0.15, 0.2) is 36.4 Å². The molecule has 0 radical (unpaired) electrons. The van der Waals surface area contributed by atoms with Gasteiger partial charge < -0.3 is 19.7 Å². The number of ether oxygens (including phenoxy) is 2. The summed E-state index contributed by atoms with van der Waals surface area (Å²) in [6, 6.07) is 9.48. The third-order valence-electron chi connectivity index (χ3n) is 5.04. The predicted octanol–water partition coefficient (Wildman–Crippen LogP) is 2.09. The van der Waals surface area contributed by atoms with Crippen LogP contribution in [0.2, 0.25) is 0 Å². The first kappa shape index (κ1) is 17.7. The lowest BCUT2D eigenvalue weighted by atomic mass is 10.0.